The number of carbonyl (C=O) groups is 1. The predicted octanol–water partition coefficient (Wildman–Crippen LogP) is 2.85. The van der Waals surface area contributed by atoms with Crippen molar-refractivity contribution in [2.45, 2.75) is 20.0 Å². The van der Waals surface area contributed by atoms with Gasteiger partial charge in [-0.25, -0.2) is 0 Å². The summed E-state index contributed by atoms with van der Waals surface area (Å²) in [5, 5.41) is 3.79. The molecule has 1 aromatic rings. The van der Waals surface area contributed by atoms with Gasteiger partial charge < -0.3 is 14.8 Å². The third kappa shape index (κ3) is 6.85. The lowest BCUT2D eigenvalue weighted by atomic mass is 10.2. The van der Waals surface area contributed by atoms with E-state index in [1.165, 1.54) is 0 Å². The van der Waals surface area contributed by atoms with Gasteiger partial charge in [0.1, 0.15) is 5.75 Å². The van der Waals surface area contributed by atoms with Gasteiger partial charge in [0.25, 0.3) is 5.91 Å². The van der Waals surface area contributed by atoms with Crippen LogP contribution >= 0.6 is 23.2 Å². The lowest BCUT2D eigenvalue weighted by Gasteiger charge is -2.33. The SMILES string of the molecule is CC(C)CN1CCOC(CNC(=O)COc2cc(Cl)cc(Cl)c2)C1. The molecule has 0 aromatic heterocycles. The molecule has 0 aliphatic carbocycles. The van der Waals surface area contributed by atoms with E-state index in [4.69, 9.17) is 32.7 Å². The molecule has 0 spiro atoms. The number of halogens is 2. The number of nitrogens with zero attached hydrogens (tertiary/aromatic N) is 1. The average molecular weight is 375 g/mol. The van der Waals surface area contributed by atoms with E-state index >= 15 is 0 Å². The molecular weight excluding hydrogens is 351 g/mol. The molecule has 5 nitrogen and oxygen atoms in total. The van der Waals surface area contributed by atoms with E-state index in [2.05, 4.69) is 24.1 Å². The fourth-order valence-corrected chi connectivity index (χ4v) is 3.13. The maximum absolute atomic E-state index is 11.9. The van der Waals surface area contributed by atoms with E-state index in [1.807, 2.05) is 0 Å². The first-order valence-corrected chi connectivity index (χ1v) is 8.87. The van der Waals surface area contributed by atoms with Crippen LogP contribution in [0.4, 0.5) is 0 Å². The molecule has 7 heteroatoms. The molecule has 1 amide bonds. The molecule has 2 rings (SSSR count). The predicted molar refractivity (Wildman–Crippen MR) is 96.0 cm³/mol. The smallest absolute Gasteiger partial charge is 0.258 e. The quantitative estimate of drug-likeness (QED) is 0.796. The Morgan fingerprint density at radius 3 is 2.75 bits per heavy atom. The first-order chi connectivity index (χ1) is 11.4. The van der Waals surface area contributed by atoms with Gasteiger partial charge in [-0.2, -0.15) is 0 Å². The lowest BCUT2D eigenvalue weighted by molar-refractivity contribution is -0.124. The number of benzene rings is 1. The van der Waals surface area contributed by atoms with Crippen molar-refractivity contribution in [1.82, 2.24) is 10.2 Å². The summed E-state index contributed by atoms with van der Waals surface area (Å²) in [7, 11) is 0. The van der Waals surface area contributed by atoms with Crippen molar-refractivity contribution in [2.75, 3.05) is 39.4 Å². The molecule has 1 aliphatic heterocycles. The molecule has 0 saturated carbocycles. The number of carbonyl (C=O) groups excluding carboxylic acids is 1. The Hall–Kier alpha value is -1.01. The molecule has 1 saturated heterocycles. The van der Waals surface area contributed by atoms with Gasteiger partial charge in [0.05, 0.1) is 12.7 Å². The van der Waals surface area contributed by atoms with Gasteiger partial charge in [-0.15, -0.1) is 0 Å². The zero-order valence-electron chi connectivity index (χ0n) is 14.1. The summed E-state index contributed by atoms with van der Waals surface area (Å²) in [6.45, 7) is 8.32. The highest BCUT2D eigenvalue weighted by Crippen LogP contribution is 2.24. The van der Waals surface area contributed by atoms with Crippen LogP contribution < -0.4 is 10.1 Å². The fraction of sp³-hybridized carbons (Fsp3) is 0.588. The zero-order chi connectivity index (χ0) is 17.5. The van der Waals surface area contributed by atoms with Gasteiger partial charge in [0, 0.05) is 36.2 Å². The van der Waals surface area contributed by atoms with Crippen LogP contribution in [0.1, 0.15) is 13.8 Å². The van der Waals surface area contributed by atoms with E-state index in [-0.39, 0.29) is 18.6 Å². The fourth-order valence-electron chi connectivity index (χ4n) is 2.63. The number of hydrogen-bond acceptors (Lipinski definition) is 4. The second kappa shape index (κ2) is 9.47. The van der Waals surface area contributed by atoms with Crippen molar-refractivity contribution in [1.29, 1.82) is 0 Å². The molecule has 1 N–H and O–H groups in total. The second-order valence-corrected chi connectivity index (χ2v) is 7.22. The number of ether oxygens (including phenoxy) is 2. The molecule has 134 valence electrons. The Bertz CT molecular complexity index is 534. The Labute approximate surface area is 153 Å². The lowest BCUT2D eigenvalue weighted by Crippen LogP contribution is -2.48. The Balaban J connectivity index is 1.70. The molecule has 1 aromatic carbocycles. The van der Waals surface area contributed by atoms with Crippen LogP contribution in [0.15, 0.2) is 18.2 Å². The number of rotatable bonds is 7. The molecule has 24 heavy (non-hydrogen) atoms. The maximum atomic E-state index is 11.9. The summed E-state index contributed by atoms with van der Waals surface area (Å²) in [5.41, 5.74) is 0. The van der Waals surface area contributed by atoms with Gasteiger partial charge in [-0.1, -0.05) is 37.0 Å². The number of morpholine rings is 1. The minimum atomic E-state index is -0.198. The van der Waals surface area contributed by atoms with Crippen LogP contribution in [-0.4, -0.2) is 56.3 Å². The summed E-state index contributed by atoms with van der Waals surface area (Å²) in [6.07, 6.45) is 0.0158. The van der Waals surface area contributed by atoms with Gasteiger partial charge >= 0.3 is 0 Å². The van der Waals surface area contributed by atoms with Crippen molar-refractivity contribution in [3.8, 4) is 5.75 Å². The summed E-state index contributed by atoms with van der Waals surface area (Å²) in [6, 6.07) is 4.85. The van der Waals surface area contributed by atoms with Crippen molar-refractivity contribution in [2.24, 2.45) is 5.92 Å². The molecule has 0 radical (unpaired) electrons. The second-order valence-electron chi connectivity index (χ2n) is 6.34. The standard InChI is InChI=1S/C17H24Cl2N2O3/c1-12(2)9-21-3-4-23-16(10-21)8-20-17(22)11-24-15-6-13(18)5-14(19)7-15/h5-7,12,16H,3-4,8-11H2,1-2H3,(H,20,22). The van der Waals surface area contributed by atoms with E-state index in [9.17, 15) is 4.79 Å². The molecule has 1 unspecified atom stereocenters. The Kier molecular flexibility index (Phi) is 7.62. The Morgan fingerprint density at radius 1 is 1.38 bits per heavy atom. The highest BCUT2D eigenvalue weighted by atomic mass is 35.5. The maximum Gasteiger partial charge on any atom is 0.258 e. The molecule has 1 atom stereocenters. The van der Waals surface area contributed by atoms with Crippen molar-refractivity contribution in [3.05, 3.63) is 28.2 Å². The van der Waals surface area contributed by atoms with Gasteiger partial charge in [-0.3, -0.25) is 9.69 Å². The van der Waals surface area contributed by atoms with Gasteiger partial charge in [-0.05, 0) is 24.1 Å². The highest BCUT2D eigenvalue weighted by molar-refractivity contribution is 6.34. The van der Waals surface area contributed by atoms with Crippen molar-refractivity contribution in [3.63, 3.8) is 0 Å². The summed E-state index contributed by atoms with van der Waals surface area (Å²) in [5.74, 6) is 0.895. The van der Waals surface area contributed by atoms with E-state index in [0.29, 0.717) is 34.9 Å². The van der Waals surface area contributed by atoms with E-state index in [1.54, 1.807) is 18.2 Å². The average Bonchev–Trinajstić information content (AvgIpc) is 2.50. The molecule has 1 aliphatic rings. The van der Waals surface area contributed by atoms with Gasteiger partial charge in [0.15, 0.2) is 6.61 Å². The Morgan fingerprint density at radius 2 is 2.08 bits per heavy atom. The monoisotopic (exact) mass is 374 g/mol. The molecule has 1 fully saturated rings. The molecule has 0 bridgehead atoms. The van der Waals surface area contributed by atoms with E-state index in [0.717, 1.165) is 19.6 Å². The number of hydrogen-bond donors (Lipinski definition) is 1. The first kappa shape index (κ1) is 19.3. The minimum Gasteiger partial charge on any atom is -0.484 e. The third-order valence-corrected chi connectivity index (χ3v) is 4.02. The largest absolute Gasteiger partial charge is 0.484 e. The minimum absolute atomic E-state index is 0.0158. The third-order valence-electron chi connectivity index (χ3n) is 3.58. The molecule has 1 heterocycles. The van der Waals surface area contributed by atoms with Crippen LogP contribution in [0, 0.1) is 5.92 Å². The number of nitrogens with one attached hydrogen (secondary N) is 1. The van der Waals surface area contributed by atoms with Crippen LogP contribution in [0.2, 0.25) is 10.0 Å². The summed E-state index contributed by atoms with van der Waals surface area (Å²) >= 11 is 11.8. The van der Waals surface area contributed by atoms with Crippen LogP contribution in [-0.2, 0) is 9.53 Å². The highest BCUT2D eigenvalue weighted by Gasteiger charge is 2.21. The van der Waals surface area contributed by atoms with Gasteiger partial charge in [0.2, 0.25) is 0 Å². The first-order valence-electron chi connectivity index (χ1n) is 8.12. The van der Waals surface area contributed by atoms with E-state index < -0.39 is 0 Å². The van der Waals surface area contributed by atoms with Crippen molar-refractivity contribution < 1.29 is 14.3 Å². The van der Waals surface area contributed by atoms with Crippen molar-refractivity contribution >= 4 is 29.1 Å². The van der Waals surface area contributed by atoms with Crippen LogP contribution in [0.25, 0.3) is 0 Å². The van der Waals surface area contributed by atoms with Crippen LogP contribution in [0.5, 0.6) is 5.75 Å². The number of amides is 1. The summed E-state index contributed by atoms with van der Waals surface area (Å²) < 4.78 is 11.1. The van der Waals surface area contributed by atoms with Crippen LogP contribution in [0.3, 0.4) is 0 Å². The zero-order valence-corrected chi connectivity index (χ0v) is 15.6. The topological polar surface area (TPSA) is 50.8 Å². The summed E-state index contributed by atoms with van der Waals surface area (Å²) in [4.78, 5) is 14.3. The normalized spacial score (nSPS) is 18.6. The molecular formula is C17H24Cl2N2O3.